The van der Waals surface area contributed by atoms with Crippen molar-refractivity contribution in [2.75, 3.05) is 44.7 Å². The van der Waals surface area contributed by atoms with Gasteiger partial charge in [-0.2, -0.15) is 26.3 Å². The van der Waals surface area contributed by atoms with E-state index in [4.69, 9.17) is 0 Å². The van der Waals surface area contributed by atoms with E-state index in [0.29, 0.717) is 23.5 Å². The number of benzene rings is 2. The van der Waals surface area contributed by atoms with E-state index in [9.17, 15) is 31.1 Å². The van der Waals surface area contributed by atoms with Crippen LogP contribution in [0.5, 0.6) is 0 Å². The van der Waals surface area contributed by atoms with E-state index < -0.39 is 35.9 Å². The van der Waals surface area contributed by atoms with E-state index in [0.717, 1.165) is 61.6 Å². The van der Waals surface area contributed by atoms with Crippen molar-refractivity contribution in [3.8, 4) is 11.1 Å². The quantitative estimate of drug-likeness (QED) is 0.258. The number of aryl methyl sites for hydroxylation is 1. The fourth-order valence-corrected chi connectivity index (χ4v) is 5.13. The number of carbonyl (C=O) groups excluding carboxylic acids is 1. The second-order valence-electron chi connectivity index (χ2n) is 10.7. The minimum atomic E-state index is -4.97. The van der Waals surface area contributed by atoms with Crippen molar-refractivity contribution < 1.29 is 31.1 Å². The Morgan fingerprint density at radius 2 is 1.52 bits per heavy atom. The first-order chi connectivity index (χ1) is 19.8. The summed E-state index contributed by atoms with van der Waals surface area (Å²) in [7, 11) is 1.35. The molecule has 2 heterocycles. The zero-order valence-corrected chi connectivity index (χ0v) is 23.8. The van der Waals surface area contributed by atoms with E-state index >= 15 is 0 Å². The Morgan fingerprint density at radius 1 is 0.905 bits per heavy atom. The molecule has 0 aliphatic carbocycles. The van der Waals surface area contributed by atoms with Crippen LogP contribution in [0.2, 0.25) is 0 Å². The zero-order valence-electron chi connectivity index (χ0n) is 23.8. The van der Waals surface area contributed by atoms with Gasteiger partial charge in [0.1, 0.15) is 5.82 Å². The third kappa shape index (κ3) is 7.42. The van der Waals surface area contributed by atoms with Gasteiger partial charge in [-0.3, -0.25) is 9.69 Å². The number of carbonyl (C=O) groups is 1. The summed E-state index contributed by atoms with van der Waals surface area (Å²) in [5.41, 5.74) is -0.620. The lowest BCUT2D eigenvalue weighted by Gasteiger charge is -2.35. The Morgan fingerprint density at radius 3 is 2.10 bits per heavy atom. The Hall–Kier alpha value is -3.60. The van der Waals surface area contributed by atoms with Crippen LogP contribution in [0.1, 0.15) is 52.4 Å². The molecule has 0 N–H and O–H groups in total. The van der Waals surface area contributed by atoms with Crippen LogP contribution in [0.15, 0.2) is 54.7 Å². The Kier molecular flexibility index (Phi) is 9.50. The highest BCUT2D eigenvalue weighted by molar-refractivity contribution is 6.01. The van der Waals surface area contributed by atoms with Gasteiger partial charge in [0.25, 0.3) is 5.91 Å². The van der Waals surface area contributed by atoms with Gasteiger partial charge < -0.3 is 9.80 Å². The SMILES string of the molecule is CCCCN1CCN(c2cc(-c3ccccc3C)c(C(=O)N(C)Cc3cc(C(F)(F)F)cc(C(F)(F)F)c3)cn2)CC1. The Labute approximate surface area is 241 Å². The fourth-order valence-electron chi connectivity index (χ4n) is 5.13. The van der Waals surface area contributed by atoms with Crippen LogP contribution in [0.25, 0.3) is 11.1 Å². The fraction of sp³-hybridized carbons (Fsp3) is 0.419. The van der Waals surface area contributed by atoms with Crippen LogP contribution >= 0.6 is 0 Å². The molecular weight excluding hydrogens is 558 g/mol. The van der Waals surface area contributed by atoms with Crippen LogP contribution in [-0.4, -0.2) is 60.5 Å². The number of amides is 1. The molecule has 1 aliphatic rings. The minimum Gasteiger partial charge on any atom is -0.354 e. The van der Waals surface area contributed by atoms with Gasteiger partial charge in [0.2, 0.25) is 0 Å². The molecule has 1 saturated heterocycles. The highest BCUT2D eigenvalue weighted by Gasteiger charge is 2.37. The number of hydrogen-bond acceptors (Lipinski definition) is 4. The third-order valence-electron chi connectivity index (χ3n) is 7.49. The number of alkyl halides is 6. The van der Waals surface area contributed by atoms with Gasteiger partial charge in [0.05, 0.1) is 16.7 Å². The molecule has 0 bridgehead atoms. The standard InChI is InChI=1S/C31H34F6N4O/c1-4-5-10-40-11-13-41(14-12-40)28-18-26(25-9-7-6-8-21(25)2)27(19-38-28)29(42)39(3)20-22-15-23(30(32,33)34)17-24(16-22)31(35,36)37/h6-9,15-19H,4-5,10-14,20H2,1-3H3. The second-order valence-corrected chi connectivity index (χ2v) is 10.7. The molecule has 226 valence electrons. The van der Waals surface area contributed by atoms with Crippen LogP contribution in [-0.2, 0) is 18.9 Å². The molecule has 42 heavy (non-hydrogen) atoms. The maximum absolute atomic E-state index is 13.7. The molecule has 0 radical (unpaired) electrons. The lowest BCUT2D eigenvalue weighted by atomic mass is 9.96. The predicted octanol–water partition coefficient (Wildman–Crippen LogP) is 7.29. The van der Waals surface area contributed by atoms with Crippen molar-refractivity contribution in [1.29, 1.82) is 0 Å². The number of piperazine rings is 1. The first-order valence-electron chi connectivity index (χ1n) is 13.8. The first kappa shape index (κ1) is 31.3. The summed E-state index contributed by atoms with van der Waals surface area (Å²) in [5, 5.41) is 0. The monoisotopic (exact) mass is 592 g/mol. The van der Waals surface area contributed by atoms with Crippen molar-refractivity contribution >= 4 is 11.7 Å². The third-order valence-corrected chi connectivity index (χ3v) is 7.49. The van der Waals surface area contributed by atoms with Crippen molar-refractivity contribution in [2.24, 2.45) is 0 Å². The lowest BCUT2D eigenvalue weighted by molar-refractivity contribution is -0.143. The summed E-state index contributed by atoms with van der Waals surface area (Å²) >= 11 is 0. The number of halogens is 6. The predicted molar refractivity (Wildman–Crippen MR) is 150 cm³/mol. The van der Waals surface area contributed by atoms with E-state index in [2.05, 4.69) is 21.7 Å². The number of nitrogens with zero attached hydrogens (tertiary/aromatic N) is 4. The smallest absolute Gasteiger partial charge is 0.354 e. The molecule has 1 aliphatic heterocycles. The van der Waals surface area contributed by atoms with Gasteiger partial charge in [-0.25, -0.2) is 4.98 Å². The first-order valence-corrected chi connectivity index (χ1v) is 13.8. The van der Waals surface area contributed by atoms with Crippen molar-refractivity contribution in [1.82, 2.24) is 14.8 Å². The van der Waals surface area contributed by atoms with E-state index in [1.165, 1.54) is 13.2 Å². The van der Waals surface area contributed by atoms with E-state index in [1.807, 2.05) is 37.3 Å². The molecule has 0 atom stereocenters. The molecule has 1 aromatic heterocycles. The highest BCUT2D eigenvalue weighted by atomic mass is 19.4. The highest BCUT2D eigenvalue weighted by Crippen LogP contribution is 2.37. The average molecular weight is 593 g/mol. The van der Waals surface area contributed by atoms with Gasteiger partial charge in [-0.1, -0.05) is 37.6 Å². The van der Waals surface area contributed by atoms with Gasteiger partial charge in [-0.05, 0) is 66.4 Å². The average Bonchev–Trinajstić information content (AvgIpc) is 2.95. The summed E-state index contributed by atoms with van der Waals surface area (Å²) in [6.45, 7) is 7.98. The molecule has 0 spiro atoms. The van der Waals surface area contributed by atoms with Gasteiger partial charge in [-0.15, -0.1) is 0 Å². The molecule has 3 aromatic rings. The summed E-state index contributed by atoms with van der Waals surface area (Å²) in [6.07, 6.45) is -6.23. The topological polar surface area (TPSA) is 39.7 Å². The molecule has 11 heteroatoms. The summed E-state index contributed by atoms with van der Waals surface area (Å²) in [5.74, 6) is 0.137. The van der Waals surface area contributed by atoms with Crippen LogP contribution in [0, 0.1) is 6.92 Å². The number of hydrogen-bond donors (Lipinski definition) is 0. The molecule has 0 unspecified atom stereocenters. The molecule has 4 rings (SSSR count). The normalized spacial score (nSPS) is 14.7. The maximum atomic E-state index is 13.7. The summed E-state index contributed by atoms with van der Waals surface area (Å²) < 4.78 is 80.3. The van der Waals surface area contributed by atoms with Crippen molar-refractivity contribution in [3.05, 3.63) is 82.5 Å². The number of pyridine rings is 1. The van der Waals surface area contributed by atoms with Crippen LogP contribution in [0.3, 0.4) is 0 Å². The van der Waals surface area contributed by atoms with Gasteiger partial charge in [0, 0.05) is 46.0 Å². The molecule has 1 fully saturated rings. The maximum Gasteiger partial charge on any atom is 0.416 e. The van der Waals surface area contributed by atoms with E-state index in [-0.39, 0.29) is 17.2 Å². The summed E-state index contributed by atoms with van der Waals surface area (Å²) in [6, 6.07) is 10.7. The molecule has 2 aromatic carbocycles. The van der Waals surface area contributed by atoms with Gasteiger partial charge >= 0.3 is 12.4 Å². The lowest BCUT2D eigenvalue weighted by Crippen LogP contribution is -2.47. The Bertz CT molecular complexity index is 1360. The van der Waals surface area contributed by atoms with E-state index in [1.54, 1.807) is 0 Å². The number of rotatable bonds is 8. The van der Waals surface area contributed by atoms with Crippen molar-refractivity contribution in [2.45, 2.75) is 45.6 Å². The molecule has 0 saturated carbocycles. The Balaban J connectivity index is 1.65. The summed E-state index contributed by atoms with van der Waals surface area (Å²) in [4.78, 5) is 23.9. The zero-order chi connectivity index (χ0) is 30.7. The minimum absolute atomic E-state index is 0.0773. The van der Waals surface area contributed by atoms with Crippen LogP contribution < -0.4 is 4.90 Å². The molecule has 1 amide bonds. The van der Waals surface area contributed by atoms with Crippen LogP contribution in [0.4, 0.5) is 32.2 Å². The number of unbranched alkanes of at least 4 members (excludes halogenated alkanes) is 1. The van der Waals surface area contributed by atoms with Gasteiger partial charge in [0.15, 0.2) is 0 Å². The molecule has 5 nitrogen and oxygen atoms in total. The number of aromatic nitrogens is 1. The second kappa shape index (κ2) is 12.7. The molecular formula is C31H34F6N4O. The largest absolute Gasteiger partial charge is 0.416 e. The van der Waals surface area contributed by atoms with Crippen molar-refractivity contribution in [3.63, 3.8) is 0 Å². The number of anilines is 1.